The Morgan fingerprint density at radius 3 is 2.57 bits per heavy atom. The Bertz CT molecular complexity index is 242. The van der Waals surface area contributed by atoms with Gasteiger partial charge in [0, 0.05) is 19.4 Å². The summed E-state index contributed by atoms with van der Waals surface area (Å²) < 4.78 is 0. The molecule has 1 heterocycles. The number of carbonyl (C=O) groups is 2. The third-order valence-corrected chi connectivity index (χ3v) is 2.52. The van der Waals surface area contributed by atoms with E-state index in [0.717, 1.165) is 19.5 Å². The van der Waals surface area contributed by atoms with Gasteiger partial charge in [0.25, 0.3) is 0 Å². The molecule has 5 nitrogen and oxygen atoms in total. The minimum Gasteiger partial charge on any atom is -0.480 e. The van der Waals surface area contributed by atoms with Gasteiger partial charge in [0.1, 0.15) is 6.04 Å². The molecule has 0 bridgehead atoms. The third-order valence-electron chi connectivity index (χ3n) is 2.52. The van der Waals surface area contributed by atoms with Crippen LogP contribution in [0, 0.1) is 5.92 Å². The smallest absolute Gasteiger partial charge is 0.326 e. The van der Waals surface area contributed by atoms with E-state index < -0.39 is 12.0 Å². The Balaban J connectivity index is 2.58. The Kier molecular flexibility index (Phi) is 3.46. The van der Waals surface area contributed by atoms with Gasteiger partial charge in [-0.2, -0.15) is 0 Å². The first-order valence-electron chi connectivity index (χ1n) is 4.69. The van der Waals surface area contributed by atoms with Crippen LogP contribution in [0.3, 0.4) is 0 Å². The van der Waals surface area contributed by atoms with Gasteiger partial charge in [0.2, 0.25) is 5.91 Å². The van der Waals surface area contributed by atoms with Gasteiger partial charge in [0.05, 0.1) is 0 Å². The number of carboxylic acid groups (broad SMARTS) is 1. The lowest BCUT2D eigenvalue weighted by Gasteiger charge is -2.19. The predicted molar refractivity (Wildman–Crippen MR) is 50.8 cm³/mol. The number of hydrogen-bond donors (Lipinski definition) is 2. The van der Waals surface area contributed by atoms with E-state index in [1.54, 1.807) is 0 Å². The molecule has 1 aliphatic rings. The molecule has 14 heavy (non-hydrogen) atoms. The Morgan fingerprint density at radius 1 is 1.57 bits per heavy atom. The van der Waals surface area contributed by atoms with Gasteiger partial charge in [-0.15, -0.1) is 0 Å². The number of rotatable bonds is 3. The number of likely N-dealkylation sites (tertiary alicyclic amines) is 1. The van der Waals surface area contributed by atoms with E-state index in [4.69, 9.17) is 5.11 Å². The molecule has 1 saturated heterocycles. The highest BCUT2D eigenvalue weighted by Gasteiger charge is 2.32. The van der Waals surface area contributed by atoms with Gasteiger partial charge >= 0.3 is 5.97 Å². The third kappa shape index (κ3) is 2.70. The lowest BCUT2D eigenvalue weighted by atomic mass is 9.99. The number of hydrogen-bond acceptors (Lipinski definition) is 3. The Morgan fingerprint density at radius 2 is 2.21 bits per heavy atom. The van der Waals surface area contributed by atoms with Crippen molar-refractivity contribution >= 4 is 11.9 Å². The predicted octanol–water partition coefficient (Wildman–Crippen LogP) is -0.473. The van der Waals surface area contributed by atoms with Crippen molar-refractivity contribution in [2.24, 2.45) is 5.92 Å². The summed E-state index contributed by atoms with van der Waals surface area (Å²) >= 11 is 0. The summed E-state index contributed by atoms with van der Waals surface area (Å²) in [6.07, 6.45) is 0.827. The lowest BCUT2D eigenvalue weighted by Crippen LogP contribution is -2.45. The first-order chi connectivity index (χ1) is 6.50. The highest BCUT2D eigenvalue weighted by molar-refractivity contribution is 5.82. The van der Waals surface area contributed by atoms with Gasteiger partial charge in [-0.3, -0.25) is 4.79 Å². The van der Waals surface area contributed by atoms with Gasteiger partial charge in [-0.1, -0.05) is 0 Å². The molecule has 5 heteroatoms. The summed E-state index contributed by atoms with van der Waals surface area (Å²) in [6, 6.07) is -0.738. The summed E-state index contributed by atoms with van der Waals surface area (Å²) in [4.78, 5) is 23.8. The first-order valence-corrected chi connectivity index (χ1v) is 4.69. The van der Waals surface area contributed by atoms with Crippen LogP contribution >= 0.6 is 0 Å². The van der Waals surface area contributed by atoms with E-state index in [1.165, 1.54) is 6.92 Å². The van der Waals surface area contributed by atoms with Crippen molar-refractivity contribution in [2.75, 3.05) is 20.1 Å². The fourth-order valence-electron chi connectivity index (χ4n) is 1.84. The van der Waals surface area contributed by atoms with E-state index in [2.05, 4.69) is 10.2 Å². The van der Waals surface area contributed by atoms with Crippen LogP contribution in [-0.4, -0.2) is 48.1 Å². The normalized spacial score (nSPS) is 24.6. The van der Waals surface area contributed by atoms with Crippen molar-refractivity contribution in [3.05, 3.63) is 0 Å². The molecule has 1 fully saturated rings. The molecule has 0 spiro atoms. The zero-order valence-corrected chi connectivity index (χ0v) is 8.49. The topological polar surface area (TPSA) is 69.6 Å². The van der Waals surface area contributed by atoms with Crippen LogP contribution in [0.1, 0.15) is 13.3 Å². The maximum absolute atomic E-state index is 10.9. The second-order valence-corrected chi connectivity index (χ2v) is 3.83. The molecule has 0 aliphatic carbocycles. The van der Waals surface area contributed by atoms with Gasteiger partial charge in [-0.25, -0.2) is 4.79 Å². The van der Waals surface area contributed by atoms with Crippen molar-refractivity contribution < 1.29 is 14.7 Å². The van der Waals surface area contributed by atoms with Crippen molar-refractivity contribution in [1.82, 2.24) is 10.2 Å². The molecule has 0 radical (unpaired) electrons. The molecule has 2 unspecified atom stereocenters. The highest BCUT2D eigenvalue weighted by atomic mass is 16.4. The summed E-state index contributed by atoms with van der Waals surface area (Å²) in [5, 5.41) is 11.4. The second kappa shape index (κ2) is 4.41. The molecule has 0 aromatic heterocycles. The van der Waals surface area contributed by atoms with Crippen molar-refractivity contribution in [3.8, 4) is 0 Å². The number of carbonyl (C=O) groups excluding carboxylic acids is 1. The SMILES string of the molecule is CC(=O)NC(C(=O)O)C1CCN(C)C1. The number of amides is 1. The molecule has 80 valence electrons. The van der Waals surface area contributed by atoms with E-state index >= 15 is 0 Å². The molecular formula is C9H16N2O3. The zero-order valence-electron chi connectivity index (χ0n) is 8.49. The van der Waals surface area contributed by atoms with Crippen LogP contribution in [0.4, 0.5) is 0 Å². The van der Waals surface area contributed by atoms with Crippen LogP contribution in [0.5, 0.6) is 0 Å². The fourth-order valence-corrected chi connectivity index (χ4v) is 1.84. The molecule has 1 aliphatic heterocycles. The molecule has 2 atom stereocenters. The number of nitrogens with one attached hydrogen (secondary N) is 1. The van der Waals surface area contributed by atoms with E-state index in [0.29, 0.717) is 0 Å². The number of aliphatic carboxylic acids is 1. The summed E-state index contributed by atoms with van der Waals surface area (Å²) in [5.74, 6) is -1.20. The van der Waals surface area contributed by atoms with E-state index in [-0.39, 0.29) is 11.8 Å². The molecule has 1 rings (SSSR count). The summed E-state index contributed by atoms with van der Waals surface area (Å²) in [5.41, 5.74) is 0. The quantitative estimate of drug-likeness (QED) is 0.646. The van der Waals surface area contributed by atoms with Crippen molar-refractivity contribution in [1.29, 1.82) is 0 Å². The standard InChI is InChI=1S/C9H16N2O3/c1-6(12)10-8(9(13)14)7-3-4-11(2)5-7/h7-8H,3-5H2,1-2H3,(H,10,12)(H,13,14). The van der Waals surface area contributed by atoms with Gasteiger partial charge < -0.3 is 15.3 Å². The molecule has 0 saturated carbocycles. The molecular weight excluding hydrogens is 184 g/mol. The van der Waals surface area contributed by atoms with Gasteiger partial charge in [-0.05, 0) is 20.0 Å². The van der Waals surface area contributed by atoms with Crippen molar-refractivity contribution in [2.45, 2.75) is 19.4 Å². The largest absolute Gasteiger partial charge is 0.480 e. The first kappa shape index (κ1) is 11.0. The van der Waals surface area contributed by atoms with Crippen LogP contribution < -0.4 is 5.32 Å². The minimum atomic E-state index is -0.944. The average Bonchev–Trinajstić information content (AvgIpc) is 2.46. The van der Waals surface area contributed by atoms with E-state index in [1.807, 2.05) is 7.05 Å². The maximum atomic E-state index is 10.9. The van der Waals surface area contributed by atoms with Gasteiger partial charge in [0.15, 0.2) is 0 Å². The second-order valence-electron chi connectivity index (χ2n) is 3.83. The minimum absolute atomic E-state index is 0.0291. The highest BCUT2D eigenvalue weighted by Crippen LogP contribution is 2.18. The summed E-state index contributed by atoms with van der Waals surface area (Å²) in [7, 11) is 1.95. The lowest BCUT2D eigenvalue weighted by molar-refractivity contribution is -0.143. The average molecular weight is 200 g/mol. The molecule has 0 aromatic carbocycles. The molecule has 0 aromatic rings. The van der Waals surface area contributed by atoms with Crippen LogP contribution in [-0.2, 0) is 9.59 Å². The monoisotopic (exact) mass is 200 g/mol. The summed E-state index contributed by atoms with van der Waals surface area (Å²) in [6.45, 7) is 2.97. The zero-order chi connectivity index (χ0) is 10.7. The van der Waals surface area contributed by atoms with Crippen molar-refractivity contribution in [3.63, 3.8) is 0 Å². The molecule has 1 amide bonds. The van der Waals surface area contributed by atoms with Crippen LogP contribution in [0.15, 0.2) is 0 Å². The fraction of sp³-hybridized carbons (Fsp3) is 0.778. The van der Waals surface area contributed by atoms with Crippen LogP contribution in [0.25, 0.3) is 0 Å². The maximum Gasteiger partial charge on any atom is 0.326 e. The van der Waals surface area contributed by atoms with Crippen LogP contribution in [0.2, 0.25) is 0 Å². The molecule has 2 N–H and O–H groups in total. The Hall–Kier alpha value is -1.10. The van der Waals surface area contributed by atoms with E-state index in [9.17, 15) is 9.59 Å². The number of nitrogens with zero attached hydrogens (tertiary/aromatic N) is 1. The number of carboxylic acids is 1. The Labute approximate surface area is 83.1 Å².